The number of hydrogen-bond donors (Lipinski definition) is 1. The number of ether oxygens (including phenoxy) is 1. The smallest absolute Gasteiger partial charge is 0.411 e. The van der Waals surface area contributed by atoms with E-state index in [2.05, 4.69) is 10.2 Å². The summed E-state index contributed by atoms with van der Waals surface area (Å²) >= 11 is 5.87. The molecular formula is C14H17ClN2O2. The SMILES string of the molecule is O=C(Nc1cccc(Cl)c1)O[C@H]1CN2CCC1CC2. The third-order valence-corrected chi connectivity index (χ3v) is 4.16. The molecule has 3 aliphatic heterocycles. The number of hydrogen-bond acceptors (Lipinski definition) is 3. The van der Waals surface area contributed by atoms with Gasteiger partial charge in [0.2, 0.25) is 0 Å². The van der Waals surface area contributed by atoms with Crippen molar-refractivity contribution in [3.8, 4) is 0 Å². The molecule has 3 heterocycles. The van der Waals surface area contributed by atoms with E-state index in [0.29, 0.717) is 16.6 Å². The van der Waals surface area contributed by atoms with E-state index in [-0.39, 0.29) is 12.2 Å². The molecule has 3 aliphatic rings. The maximum absolute atomic E-state index is 11.9. The largest absolute Gasteiger partial charge is 0.444 e. The number of carbonyl (C=O) groups excluding carboxylic acids is 1. The van der Waals surface area contributed by atoms with Crippen molar-refractivity contribution in [2.75, 3.05) is 25.0 Å². The lowest BCUT2D eigenvalue weighted by Crippen LogP contribution is -2.52. The van der Waals surface area contributed by atoms with Crippen LogP contribution in [0.3, 0.4) is 0 Å². The molecule has 0 radical (unpaired) electrons. The van der Waals surface area contributed by atoms with Crippen molar-refractivity contribution >= 4 is 23.4 Å². The fourth-order valence-corrected chi connectivity index (χ4v) is 3.09. The zero-order valence-corrected chi connectivity index (χ0v) is 11.4. The van der Waals surface area contributed by atoms with Gasteiger partial charge < -0.3 is 4.74 Å². The van der Waals surface area contributed by atoms with Crippen LogP contribution in [0.15, 0.2) is 24.3 Å². The summed E-state index contributed by atoms with van der Waals surface area (Å²) < 4.78 is 5.53. The van der Waals surface area contributed by atoms with E-state index in [1.54, 1.807) is 24.3 Å². The molecule has 19 heavy (non-hydrogen) atoms. The lowest BCUT2D eigenvalue weighted by molar-refractivity contribution is -0.0289. The van der Waals surface area contributed by atoms with Crippen molar-refractivity contribution in [3.05, 3.63) is 29.3 Å². The van der Waals surface area contributed by atoms with Gasteiger partial charge in [-0.2, -0.15) is 0 Å². The van der Waals surface area contributed by atoms with Gasteiger partial charge in [0.25, 0.3) is 0 Å². The summed E-state index contributed by atoms with van der Waals surface area (Å²) in [6.07, 6.45) is 1.91. The maximum Gasteiger partial charge on any atom is 0.411 e. The summed E-state index contributed by atoms with van der Waals surface area (Å²) in [7, 11) is 0. The molecule has 5 heteroatoms. The summed E-state index contributed by atoms with van der Waals surface area (Å²) in [5.41, 5.74) is 0.666. The van der Waals surface area contributed by atoms with Gasteiger partial charge in [0, 0.05) is 17.3 Å². The molecule has 4 rings (SSSR count). The number of carbonyl (C=O) groups is 1. The average Bonchev–Trinajstić information content (AvgIpc) is 2.40. The zero-order valence-electron chi connectivity index (χ0n) is 10.6. The molecule has 0 saturated carbocycles. The number of nitrogens with one attached hydrogen (secondary N) is 1. The van der Waals surface area contributed by atoms with Crippen LogP contribution in [0.1, 0.15) is 12.8 Å². The first-order chi connectivity index (χ1) is 9.20. The van der Waals surface area contributed by atoms with E-state index in [1.807, 2.05) is 0 Å². The third kappa shape index (κ3) is 3.01. The summed E-state index contributed by atoms with van der Waals surface area (Å²) in [6, 6.07) is 7.07. The summed E-state index contributed by atoms with van der Waals surface area (Å²) in [5, 5.41) is 3.32. The number of benzene rings is 1. The first-order valence-electron chi connectivity index (χ1n) is 6.66. The quantitative estimate of drug-likeness (QED) is 0.905. The Hall–Kier alpha value is -1.26. The fourth-order valence-electron chi connectivity index (χ4n) is 2.90. The van der Waals surface area contributed by atoms with Crippen LogP contribution in [0.5, 0.6) is 0 Å². The van der Waals surface area contributed by atoms with E-state index >= 15 is 0 Å². The maximum atomic E-state index is 11.9. The molecule has 102 valence electrons. The number of amides is 1. The Labute approximate surface area is 117 Å². The molecule has 2 bridgehead atoms. The van der Waals surface area contributed by atoms with Crippen LogP contribution < -0.4 is 5.32 Å². The molecule has 3 fully saturated rings. The van der Waals surface area contributed by atoms with E-state index in [9.17, 15) is 4.79 Å². The standard InChI is InChI=1S/C14H17ClN2O2/c15-11-2-1-3-12(8-11)16-14(18)19-13-9-17-6-4-10(13)5-7-17/h1-3,8,10,13H,4-7,9H2,(H,16,18)/t13-/m0/s1. The van der Waals surface area contributed by atoms with Crippen LogP contribution in [0.25, 0.3) is 0 Å². The van der Waals surface area contributed by atoms with Crippen LogP contribution in [-0.4, -0.2) is 36.7 Å². The lowest BCUT2D eigenvalue weighted by Gasteiger charge is -2.43. The van der Waals surface area contributed by atoms with Crippen LogP contribution in [0.2, 0.25) is 5.02 Å². The molecule has 1 atom stereocenters. The number of anilines is 1. The van der Waals surface area contributed by atoms with Crippen molar-refractivity contribution < 1.29 is 9.53 Å². The number of piperidine rings is 3. The van der Waals surface area contributed by atoms with Crippen molar-refractivity contribution in [1.82, 2.24) is 4.90 Å². The topological polar surface area (TPSA) is 41.6 Å². The van der Waals surface area contributed by atoms with Gasteiger partial charge in [-0.3, -0.25) is 10.2 Å². The molecular weight excluding hydrogens is 264 g/mol. The van der Waals surface area contributed by atoms with Gasteiger partial charge in [-0.25, -0.2) is 4.79 Å². The number of nitrogens with zero attached hydrogens (tertiary/aromatic N) is 1. The predicted octanol–water partition coefficient (Wildman–Crippen LogP) is 2.98. The molecule has 1 amide bonds. The molecule has 0 unspecified atom stereocenters. The highest BCUT2D eigenvalue weighted by Gasteiger charge is 2.36. The van der Waals surface area contributed by atoms with E-state index in [1.165, 1.54) is 0 Å². The Balaban J connectivity index is 1.57. The third-order valence-electron chi connectivity index (χ3n) is 3.93. The van der Waals surface area contributed by atoms with Crippen molar-refractivity contribution in [2.24, 2.45) is 5.92 Å². The fraction of sp³-hybridized carbons (Fsp3) is 0.500. The molecule has 3 saturated heterocycles. The van der Waals surface area contributed by atoms with Crippen molar-refractivity contribution in [3.63, 3.8) is 0 Å². The molecule has 0 spiro atoms. The second-order valence-electron chi connectivity index (χ2n) is 5.22. The second-order valence-corrected chi connectivity index (χ2v) is 5.65. The van der Waals surface area contributed by atoms with Crippen LogP contribution in [-0.2, 0) is 4.74 Å². The highest BCUT2D eigenvalue weighted by Crippen LogP contribution is 2.29. The molecule has 0 aromatic heterocycles. The van der Waals surface area contributed by atoms with Crippen molar-refractivity contribution in [1.29, 1.82) is 0 Å². The van der Waals surface area contributed by atoms with Gasteiger partial charge in [-0.15, -0.1) is 0 Å². The molecule has 1 aromatic carbocycles. The Morgan fingerprint density at radius 1 is 1.37 bits per heavy atom. The molecule has 1 N–H and O–H groups in total. The Bertz CT molecular complexity index is 472. The monoisotopic (exact) mass is 280 g/mol. The summed E-state index contributed by atoms with van der Waals surface area (Å²) in [4.78, 5) is 14.2. The Morgan fingerprint density at radius 3 is 2.79 bits per heavy atom. The number of rotatable bonds is 2. The Kier molecular flexibility index (Phi) is 3.62. The summed E-state index contributed by atoms with van der Waals surface area (Å²) in [6.45, 7) is 3.15. The zero-order chi connectivity index (χ0) is 13.2. The Morgan fingerprint density at radius 2 is 2.16 bits per heavy atom. The van der Waals surface area contributed by atoms with Gasteiger partial charge >= 0.3 is 6.09 Å². The average molecular weight is 281 g/mol. The number of fused-ring (bicyclic) bond motifs is 3. The van der Waals surface area contributed by atoms with Crippen molar-refractivity contribution in [2.45, 2.75) is 18.9 Å². The van der Waals surface area contributed by atoms with E-state index in [4.69, 9.17) is 16.3 Å². The first kappa shape index (κ1) is 12.8. The van der Waals surface area contributed by atoms with Gasteiger partial charge in [-0.05, 0) is 50.0 Å². The minimum Gasteiger partial charge on any atom is -0.444 e. The molecule has 1 aromatic rings. The highest BCUT2D eigenvalue weighted by molar-refractivity contribution is 6.30. The van der Waals surface area contributed by atoms with E-state index < -0.39 is 0 Å². The normalized spacial score (nSPS) is 29.0. The van der Waals surface area contributed by atoms with Gasteiger partial charge in [0.15, 0.2) is 0 Å². The second kappa shape index (κ2) is 5.39. The molecule has 4 nitrogen and oxygen atoms in total. The predicted molar refractivity (Wildman–Crippen MR) is 74.5 cm³/mol. The minimum absolute atomic E-state index is 0.0293. The van der Waals surface area contributed by atoms with Crippen LogP contribution >= 0.6 is 11.6 Å². The lowest BCUT2D eigenvalue weighted by atomic mass is 9.86. The van der Waals surface area contributed by atoms with Crippen LogP contribution in [0.4, 0.5) is 10.5 Å². The van der Waals surface area contributed by atoms with Gasteiger partial charge in [0.1, 0.15) is 6.10 Å². The van der Waals surface area contributed by atoms with Crippen LogP contribution in [0, 0.1) is 5.92 Å². The highest BCUT2D eigenvalue weighted by atomic mass is 35.5. The van der Waals surface area contributed by atoms with E-state index in [0.717, 1.165) is 32.5 Å². The number of halogens is 1. The summed E-state index contributed by atoms with van der Waals surface area (Å²) in [5.74, 6) is 0.523. The minimum atomic E-state index is -0.388. The van der Waals surface area contributed by atoms with Gasteiger partial charge in [-0.1, -0.05) is 17.7 Å². The first-order valence-corrected chi connectivity index (χ1v) is 7.04. The molecule has 0 aliphatic carbocycles. The van der Waals surface area contributed by atoms with Gasteiger partial charge in [0.05, 0.1) is 0 Å².